The van der Waals surface area contributed by atoms with Crippen LogP contribution in [0.2, 0.25) is 0 Å². The van der Waals surface area contributed by atoms with Crippen LogP contribution in [0.4, 0.5) is 9.93 Å². The molecule has 100 valence electrons. The fourth-order valence-electron chi connectivity index (χ4n) is 2.12. The van der Waals surface area contributed by atoms with Crippen LogP contribution in [-0.2, 0) is 0 Å². The van der Waals surface area contributed by atoms with Crippen molar-refractivity contribution in [1.82, 2.24) is 10.3 Å². The SMILES string of the molecule is CC(N)c1csc(NC(=O)NC2CCCCC2)n1. The Hall–Kier alpha value is -1.14. The minimum atomic E-state index is -0.160. The lowest BCUT2D eigenvalue weighted by Gasteiger charge is -2.22. The van der Waals surface area contributed by atoms with E-state index < -0.39 is 0 Å². The van der Waals surface area contributed by atoms with Gasteiger partial charge in [-0.25, -0.2) is 9.78 Å². The second-order valence-corrected chi connectivity index (χ2v) is 5.66. The number of nitrogens with one attached hydrogen (secondary N) is 2. The first kappa shape index (κ1) is 13.3. The van der Waals surface area contributed by atoms with Gasteiger partial charge in [-0.2, -0.15) is 0 Å². The summed E-state index contributed by atoms with van der Waals surface area (Å²) in [5, 5.41) is 8.24. The van der Waals surface area contributed by atoms with Crippen molar-refractivity contribution < 1.29 is 4.79 Å². The van der Waals surface area contributed by atoms with E-state index in [1.165, 1.54) is 30.6 Å². The van der Waals surface area contributed by atoms with Gasteiger partial charge in [-0.1, -0.05) is 19.3 Å². The highest BCUT2D eigenvalue weighted by molar-refractivity contribution is 7.13. The van der Waals surface area contributed by atoms with E-state index in [9.17, 15) is 4.79 Å². The fraction of sp³-hybridized carbons (Fsp3) is 0.667. The summed E-state index contributed by atoms with van der Waals surface area (Å²) in [6.07, 6.45) is 5.85. The number of carbonyl (C=O) groups is 1. The van der Waals surface area contributed by atoms with E-state index in [1.807, 2.05) is 12.3 Å². The molecule has 1 aliphatic carbocycles. The minimum Gasteiger partial charge on any atom is -0.335 e. The molecular formula is C12H20N4OS. The number of rotatable bonds is 3. The van der Waals surface area contributed by atoms with Crippen molar-refractivity contribution >= 4 is 22.5 Å². The predicted octanol–water partition coefficient (Wildman–Crippen LogP) is 2.62. The van der Waals surface area contributed by atoms with Gasteiger partial charge in [0, 0.05) is 17.5 Å². The average Bonchev–Trinajstić information content (AvgIpc) is 2.78. The Morgan fingerprint density at radius 3 is 2.83 bits per heavy atom. The molecule has 0 saturated heterocycles. The van der Waals surface area contributed by atoms with Crippen molar-refractivity contribution in [2.45, 2.75) is 51.1 Å². The molecule has 18 heavy (non-hydrogen) atoms. The summed E-state index contributed by atoms with van der Waals surface area (Å²) in [4.78, 5) is 16.0. The number of urea groups is 1. The molecule has 1 saturated carbocycles. The number of hydrogen-bond acceptors (Lipinski definition) is 4. The van der Waals surface area contributed by atoms with Crippen molar-refractivity contribution in [3.8, 4) is 0 Å². The van der Waals surface area contributed by atoms with E-state index in [0.717, 1.165) is 18.5 Å². The van der Waals surface area contributed by atoms with Gasteiger partial charge >= 0.3 is 6.03 Å². The van der Waals surface area contributed by atoms with Gasteiger partial charge in [0.1, 0.15) is 0 Å². The van der Waals surface area contributed by atoms with Crippen LogP contribution in [0.25, 0.3) is 0 Å². The normalized spacial score (nSPS) is 18.3. The van der Waals surface area contributed by atoms with Crippen LogP contribution in [0, 0.1) is 0 Å². The van der Waals surface area contributed by atoms with E-state index >= 15 is 0 Å². The number of nitrogens with two attached hydrogens (primary N) is 1. The molecule has 2 amide bonds. The summed E-state index contributed by atoms with van der Waals surface area (Å²) in [5.74, 6) is 0. The second kappa shape index (κ2) is 6.15. The van der Waals surface area contributed by atoms with Gasteiger partial charge in [0.2, 0.25) is 0 Å². The maximum Gasteiger partial charge on any atom is 0.321 e. The summed E-state index contributed by atoms with van der Waals surface area (Å²) < 4.78 is 0. The lowest BCUT2D eigenvalue weighted by Crippen LogP contribution is -2.39. The average molecular weight is 268 g/mol. The van der Waals surface area contributed by atoms with Gasteiger partial charge in [-0.05, 0) is 19.8 Å². The molecule has 1 atom stereocenters. The molecular weight excluding hydrogens is 248 g/mol. The molecule has 4 N–H and O–H groups in total. The highest BCUT2D eigenvalue weighted by Gasteiger charge is 2.16. The van der Waals surface area contributed by atoms with Gasteiger partial charge in [-0.15, -0.1) is 11.3 Å². The molecule has 6 heteroatoms. The van der Waals surface area contributed by atoms with Crippen LogP contribution in [-0.4, -0.2) is 17.1 Å². The molecule has 0 radical (unpaired) electrons. The molecule has 5 nitrogen and oxygen atoms in total. The van der Waals surface area contributed by atoms with Gasteiger partial charge in [0.05, 0.1) is 5.69 Å². The largest absolute Gasteiger partial charge is 0.335 e. The third-order valence-corrected chi connectivity index (χ3v) is 3.93. The summed E-state index contributed by atoms with van der Waals surface area (Å²) in [7, 11) is 0. The first-order chi connectivity index (χ1) is 8.65. The Morgan fingerprint density at radius 1 is 1.50 bits per heavy atom. The smallest absolute Gasteiger partial charge is 0.321 e. The molecule has 1 aliphatic rings. The van der Waals surface area contributed by atoms with Crippen molar-refractivity contribution in [1.29, 1.82) is 0 Å². The summed E-state index contributed by atoms with van der Waals surface area (Å²) in [6.45, 7) is 1.88. The first-order valence-corrected chi connectivity index (χ1v) is 7.31. The Balaban J connectivity index is 1.82. The molecule has 2 rings (SSSR count). The number of hydrogen-bond donors (Lipinski definition) is 3. The van der Waals surface area contributed by atoms with Crippen molar-refractivity contribution in [2.24, 2.45) is 5.73 Å². The third-order valence-electron chi connectivity index (χ3n) is 3.15. The zero-order valence-corrected chi connectivity index (χ0v) is 11.4. The highest BCUT2D eigenvalue weighted by atomic mass is 32.1. The molecule has 1 heterocycles. The monoisotopic (exact) mass is 268 g/mol. The Kier molecular flexibility index (Phi) is 4.54. The van der Waals surface area contributed by atoms with Gasteiger partial charge in [-0.3, -0.25) is 5.32 Å². The van der Waals surface area contributed by atoms with E-state index in [2.05, 4.69) is 15.6 Å². The maximum absolute atomic E-state index is 11.8. The van der Waals surface area contributed by atoms with Crippen molar-refractivity contribution in [3.05, 3.63) is 11.1 Å². The van der Waals surface area contributed by atoms with E-state index in [4.69, 9.17) is 5.73 Å². The molecule has 1 fully saturated rings. The lowest BCUT2D eigenvalue weighted by atomic mass is 9.96. The summed E-state index contributed by atoms with van der Waals surface area (Å²) in [6, 6.07) is 0.0531. The summed E-state index contributed by atoms with van der Waals surface area (Å²) in [5.41, 5.74) is 6.54. The molecule has 1 unspecified atom stereocenters. The molecule has 0 bridgehead atoms. The van der Waals surface area contributed by atoms with Crippen molar-refractivity contribution in [2.75, 3.05) is 5.32 Å². The summed E-state index contributed by atoms with van der Waals surface area (Å²) >= 11 is 1.41. The van der Waals surface area contributed by atoms with E-state index in [-0.39, 0.29) is 12.1 Å². The second-order valence-electron chi connectivity index (χ2n) is 4.80. The zero-order chi connectivity index (χ0) is 13.0. The highest BCUT2D eigenvalue weighted by Crippen LogP contribution is 2.20. The van der Waals surface area contributed by atoms with E-state index in [0.29, 0.717) is 11.2 Å². The Labute approximate surface area is 111 Å². The van der Waals surface area contributed by atoms with Crippen LogP contribution in [0.3, 0.4) is 0 Å². The van der Waals surface area contributed by atoms with Gasteiger partial charge in [0.25, 0.3) is 0 Å². The Bertz CT molecular complexity index is 399. The number of nitrogens with zero attached hydrogens (tertiary/aromatic N) is 1. The van der Waals surface area contributed by atoms with E-state index in [1.54, 1.807) is 0 Å². The van der Waals surface area contributed by atoms with Crippen LogP contribution in [0.1, 0.15) is 50.8 Å². The number of amides is 2. The quantitative estimate of drug-likeness (QED) is 0.788. The molecule has 0 spiro atoms. The van der Waals surface area contributed by atoms with Crippen molar-refractivity contribution in [3.63, 3.8) is 0 Å². The maximum atomic E-state index is 11.8. The van der Waals surface area contributed by atoms with Crippen LogP contribution >= 0.6 is 11.3 Å². The van der Waals surface area contributed by atoms with Gasteiger partial charge in [0.15, 0.2) is 5.13 Å². The lowest BCUT2D eigenvalue weighted by molar-refractivity contribution is 0.244. The van der Waals surface area contributed by atoms with Gasteiger partial charge < -0.3 is 11.1 Å². The number of anilines is 1. The topological polar surface area (TPSA) is 80.0 Å². The number of thiazole rings is 1. The molecule has 0 aliphatic heterocycles. The first-order valence-electron chi connectivity index (χ1n) is 6.43. The number of aromatic nitrogens is 1. The molecule has 1 aromatic heterocycles. The molecule has 1 aromatic rings. The van der Waals surface area contributed by atoms with Crippen LogP contribution in [0.15, 0.2) is 5.38 Å². The standard InChI is InChI=1S/C12H20N4OS/c1-8(13)10-7-18-12(15-10)16-11(17)14-9-5-3-2-4-6-9/h7-9H,2-6,13H2,1H3,(H2,14,15,16,17). The fourth-order valence-corrected chi connectivity index (χ4v) is 2.93. The number of carbonyl (C=O) groups excluding carboxylic acids is 1. The minimum absolute atomic E-state index is 0.0989. The predicted molar refractivity (Wildman–Crippen MR) is 73.7 cm³/mol. The van der Waals surface area contributed by atoms with Crippen LogP contribution < -0.4 is 16.4 Å². The third kappa shape index (κ3) is 3.68. The zero-order valence-electron chi connectivity index (χ0n) is 10.6. The molecule has 0 aromatic carbocycles. The van der Waals surface area contributed by atoms with Crippen LogP contribution in [0.5, 0.6) is 0 Å². The Morgan fingerprint density at radius 2 is 2.22 bits per heavy atom.